The molecule has 0 N–H and O–H groups in total. The largest absolute Gasteiger partial charge is 0.493 e. The highest BCUT2D eigenvalue weighted by atomic mass is 16.5. The second-order valence-electron chi connectivity index (χ2n) is 10.1. The van der Waals surface area contributed by atoms with Crippen LogP contribution in [0.1, 0.15) is 75.5 Å². The normalized spacial score (nSPS) is 22.3. The van der Waals surface area contributed by atoms with Crippen LogP contribution in [0.4, 0.5) is 0 Å². The lowest BCUT2D eigenvalue weighted by molar-refractivity contribution is -0.148. The average molecular weight is 508 g/mol. The fourth-order valence-electron chi connectivity index (χ4n) is 5.46. The Balaban J connectivity index is 1.57. The van der Waals surface area contributed by atoms with E-state index in [0.29, 0.717) is 31.5 Å². The first-order chi connectivity index (χ1) is 18.0. The summed E-state index contributed by atoms with van der Waals surface area (Å²) in [6, 6.07) is 10.3. The number of carbonyl (C=O) groups is 1. The van der Waals surface area contributed by atoms with Crippen LogP contribution in [-0.2, 0) is 9.53 Å². The van der Waals surface area contributed by atoms with Gasteiger partial charge in [0, 0.05) is 24.0 Å². The van der Waals surface area contributed by atoms with Gasteiger partial charge in [0.15, 0.2) is 23.0 Å². The van der Waals surface area contributed by atoms with Crippen LogP contribution in [-0.4, -0.2) is 50.8 Å². The molecule has 0 radical (unpaired) electrons. The van der Waals surface area contributed by atoms with Crippen LogP contribution in [0.2, 0.25) is 0 Å². The maximum atomic E-state index is 11.7. The summed E-state index contributed by atoms with van der Waals surface area (Å²) >= 11 is 0. The molecule has 0 aromatic heterocycles. The molecule has 2 fully saturated rings. The molecule has 198 valence electrons. The molecule has 2 aromatic rings. The predicted octanol–water partition coefficient (Wildman–Crippen LogP) is 5.70. The summed E-state index contributed by atoms with van der Waals surface area (Å²) in [5.74, 6) is 3.45. The van der Waals surface area contributed by atoms with E-state index in [1.807, 2.05) is 26.0 Å². The molecule has 0 spiro atoms. The highest BCUT2D eigenvalue weighted by Crippen LogP contribution is 2.46. The molecule has 0 bridgehead atoms. The van der Waals surface area contributed by atoms with Gasteiger partial charge in [-0.1, -0.05) is 0 Å². The molecule has 1 heterocycles. The first-order valence-electron chi connectivity index (χ1n) is 13.5. The van der Waals surface area contributed by atoms with Gasteiger partial charge in [-0.3, -0.25) is 9.79 Å². The number of ether oxygens (including phenoxy) is 5. The van der Waals surface area contributed by atoms with E-state index in [9.17, 15) is 4.79 Å². The van der Waals surface area contributed by atoms with Gasteiger partial charge in [0.25, 0.3) is 0 Å². The third-order valence-electron chi connectivity index (χ3n) is 7.37. The third-order valence-corrected chi connectivity index (χ3v) is 7.37. The number of nitrogens with zero attached hydrogens (tertiary/aromatic N) is 1. The molecule has 3 aliphatic rings. The average Bonchev–Trinajstić information content (AvgIpc) is 3.72. The van der Waals surface area contributed by atoms with Gasteiger partial charge in [0.05, 0.1) is 38.7 Å². The molecule has 1 aliphatic heterocycles. The zero-order chi connectivity index (χ0) is 25.9. The van der Waals surface area contributed by atoms with Crippen molar-refractivity contribution in [2.24, 2.45) is 10.9 Å². The molecule has 2 aliphatic carbocycles. The van der Waals surface area contributed by atoms with Crippen molar-refractivity contribution in [1.82, 2.24) is 0 Å². The Labute approximate surface area is 219 Å². The van der Waals surface area contributed by atoms with Gasteiger partial charge in [0.1, 0.15) is 6.10 Å². The molecular weight excluding hydrogens is 470 g/mol. The lowest BCUT2D eigenvalue weighted by Gasteiger charge is -2.38. The molecular formula is C30H37NO6. The number of hydrogen-bond donors (Lipinski definition) is 0. The Morgan fingerprint density at radius 1 is 0.919 bits per heavy atom. The van der Waals surface area contributed by atoms with E-state index in [1.165, 1.54) is 19.8 Å². The predicted molar refractivity (Wildman–Crippen MR) is 142 cm³/mol. The SMILES string of the molecule is CCOc1cc2c(cc1OC)C(c1ccc(OCC)c(OCC3CC3)c1)=NC1CCC(OC(C)=O)CC21. The van der Waals surface area contributed by atoms with Crippen molar-refractivity contribution in [2.75, 3.05) is 26.9 Å². The Bertz CT molecular complexity index is 1170. The summed E-state index contributed by atoms with van der Waals surface area (Å²) in [6.07, 6.45) is 4.75. The van der Waals surface area contributed by atoms with Gasteiger partial charge in [-0.25, -0.2) is 0 Å². The van der Waals surface area contributed by atoms with Gasteiger partial charge in [-0.2, -0.15) is 0 Å². The summed E-state index contributed by atoms with van der Waals surface area (Å²) in [4.78, 5) is 17.0. The minimum Gasteiger partial charge on any atom is -0.493 e. The van der Waals surface area contributed by atoms with Gasteiger partial charge < -0.3 is 23.7 Å². The summed E-state index contributed by atoms with van der Waals surface area (Å²) in [5.41, 5.74) is 4.08. The Kier molecular flexibility index (Phi) is 7.58. The topological polar surface area (TPSA) is 75.6 Å². The van der Waals surface area contributed by atoms with Crippen molar-refractivity contribution in [3.05, 3.63) is 47.0 Å². The van der Waals surface area contributed by atoms with Crippen molar-refractivity contribution < 1.29 is 28.5 Å². The van der Waals surface area contributed by atoms with Crippen molar-refractivity contribution >= 4 is 11.7 Å². The first-order valence-corrected chi connectivity index (χ1v) is 13.5. The monoisotopic (exact) mass is 507 g/mol. The minimum absolute atomic E-state index is 0.0968. The van der Waals surface area contributed by atoms with E-state index in [2.05, 4.69) is 18.2 Å². The zero-order valence-electron chi connectivity index (χ0n) is 22.2. The lowest BCUT2D eigenvalue weighted by Crippen LogP contribution is -2.36. The molecule has 0 amide bonds. The van der Waals surface area contributed by atoms with E-state index in [1.54, 1.807) is 7.11 Å². The van der Waals surface area contributed by atoms with Gasteiger partial charge in [-0.15, -0.1) is 0 Å². The molecule has 0 saturated heterocycles. The van der Waals surface area contributed by atoms with Gasteiger partial charge >= 0.3 is 5.97 Å². The second-order valence-corrected chi connectivity index (χ2v) is 10.1. The van der Waals surface area contributed by atoms with Crippen molar-refractivity contribution in [3.8, 4) is 23.0 Å². The second kappa shape index (κ2) is 11.0. The highest BCUT2D eigenvalue weighted by molar-refractivity contribution is 6.15. The first kappa shape index (κ1) is 25.4. The molecule has 2 aromatic carbocycles. The maximum absolute atomic E-state index is 11.7. The number of fused-ring (bicyclic) bond motifs is 3. The Hall–Kier alpha value is -3.22. The molecule has 3 atom stereocenters. The lowest BCUT2D eigenvalue weighted by atomic mass is 9.74. The minimum atomic E-state index is -0.235. The zero-order valence-corrected chi connectivity index (χ0v) is 22.2. The smallest absolute Gasteiger partial charge is 0.302 e. The Morgan fingerprint density at radius 3 is 2.38 bits per heavy atom. The number of carbonyl (C=O) groups excluding carboxylic acids is 1. The van der Waals surface area contributed by atoms with Crippen LogP contribution in [0, 0.1) is 5.92 Å². The molecule has 2 saturated carbocycles. The van der Waals surface area contributed by atoms with E-state index in [4.69, 9.17) is 28.7 Å². The number of esters is 1. The molecule has 7 heteroatoms. The summed E-state index contributed by atoms with van der Waals surface area (Å²) in [5, 5.41) is 0. The number of methoxy groups -OCH3 is 1. The van der Waals surface area contributed by atoms with Gasteiger partial charge in [0.2, 0.25) is 0 Å². The number of aliphatic imine (C=N–C) groups is 1. The van der Waals surface area contributed by atoms with Crippen LogP contribution in [0.5, 0.6) is 23.0 Å². The van der Waals surface area contributed by atoms with E-state index >= 15 is 0 Å². The summed E-state index contributed by atoms with van der Waals surface area (Å²) in [7, 11) is 1.66. The highest BCUT2D eigenvalue weighted by Gasteiger charge is 2.39. The van der Waals surface area contributed by atoms with E-state index < -0.39 is 0 Å². The van der Waals surface area contributed by atoms with Crippen LogP contribution in [0.25, 0.3) is 0 Å². The standard InChI is InChI=1S/C30H37NO6/c1-5-34-26-12-9-20(13-28(26)36-17-19-7-8-19)30-24-16-27(33-4)29(35-6-2)15-22(24)23-14-21(37-18(3)32)10-11-25(23)31-30/h9,12-13,15-16,19,21,23,25H,5-8,10-11,14,17H2,1-4H3. The number of benzene rings is 2. The third kappa shape index (κ3) is 5.55. The quantitative estimate of drug-likeness (QED) is 0.384. The Morgan fingerprint density at radius 2 is 1.68 bits per heavy atom. The molecule has 37 heavy (non-hydrogen) atoms. The van der Waals surface area contributed by atoms with Crippen molar-refractivity contribution in [2.45, 2.75) is 70.9 Å². The summed E-state index contributed by atoms with van der Waals surface area (Å²) in [6.45, 7) is 7.25. The van der Waals surface area contributed by atoms with Crippen LogP contribution < -0.4 is 18.9 Å². The van der Waals surface area contributed by atoms with Crippen molar-refractivity contribution in [1.29, 1.82) is 0 Å². The van der Waals surface area contributed by atoms with Crippen LogP contribution in [0.3, 0.4) is 0 Å². The summed E-state index contributed by atoms with van der Waals surface area (Å²) < 4.78 is 29.4. The fraction of sp³-hybridized carbons (Fsp3) is 0.533. The fourth-order valence-corrected chi connectivity index (χ4v) is 5.46. The van der Waals surface area contributed by atoms with E-state index in [0.717, 1.165) is 58.9 Å². The van der Waals surface area contributed by atoms with Crippen molar-refractivity contribution in [3.63, 3.8) is 0 Å². The van der Waals surface area contributed by atoms with Crippen LogP contribution >= 0.6 is 0 Å². The maximum Gasteiger partial charge on any atom is 0.302 e. The number of hydrogen-bond acceptors (Lipinski definition) is 7. The number of rotatable bonds is 10. The van der Waals surface area contributed by atoms with Gasteiger partial charge in [-0.05, 0) is 87.8 Å². The molecule has 5 rings (SSSR count). The van der Waals surface area contributed by atoms with E-state index in [-0.39, 0.29) is 24.0 Å². The molecule has 7 nitrogen and oxygen atoms in total. The molecule has 3 unspecified atom stereocenters. The van der Waals surface area contributed by atoms with Crippen LogP contribution in [0.15, 0.2) is 35.3 Å².